The van der Waals surface area contributed by atoms with Gasteiger partial charge >= 0.3 is 0 Å². The van der Waals surface area contributed by atoms with Crippen LogP contribution in [0.1, 0.15) is 23.6 Å². The zero-order valence-corrected chi connectivity index (χ0v) is 26.6. The molecular weight excluding hydrogens is 620 g/mol. The lowest BCUT2D eigenvalue weighted by Gasteiger charge is -2.38. The number of pyridine rings is 1. The van der Waals surface area contributed by atoms with Gasteiger partial charge in [-0.15, -0.1) is 0 Å². The maximum absolute atomic E-state index is 15.1. The van der Waals surface area contributed by atoms with Crippen molar-refractivity contribution in [3.05, 3.63) is 108 Å². The summed E-state index contributed by atoms with van der Waals surface area (Å²) in [5, 5.41) is 11.6. The summed E-state index contributed by atoms with van der Waals surface area (Å²) in [6.07, 6.45) is 3.43. The fraction of sp³-hybridized carbons (Fsp3) is 0.235. The number of methoxy groups -OCH3 is 1. The van der Waals surface area contributed by atoms with Gasteiger partial charge < -0.3 is 14.4 Å². The fourth-order valence-electron chi connectivity index (χ4n) is 6.15. The normalized spacial score (nSPS) is 17.9. The lowest BCUT2D eigenvalue weighted by atomic mass is 9.73. The molecule has 2 aliphatic heterocycles. The highest BCUT2D eigenvalue weighted by atomic mass is 32.2. The molecule has 13 heteroatoms. The summed E-state index contributed by atoms with van der Waals surface area (Å²) in [4.78, 5) is 35.9. The van der Waals surface area contributed by atoms with E-state index in [1.165, 1.54) is 43.5 Å². The number of ether oxygens (including phenoxy) is 2. The van der Waals surface area contributed by atoms with Crippen molar-refractivity contribution in [3.63, 3.8) is 0 Å². The number of amides is 2. The molecule has 12 nitrogen and oxygen atoms in total. The number of benzene rings is 3. The largest absolute Gasteiger partial charge is 0.495 e. The smallest absolute Gasteiger partial charge is 0.274 e. The Morgan fingerprint density at radius 2 is 1.64 bits per heavy atom. The number of hydrogen-bond acceptors (Lipinski definition) is 10. The maximum Gasteiger partial charge on any atom is 0.274 e. The number of anilines is 2. The average molecular weight is 653 g/mol. The molecule has 3 aromatic carbocycles. The van der Waals surface area contributed by atoms with Gasteiger partial charge in [-0.05, 0) is 55.5 Å². The highest BCUT2D eigenvalue weighted by molar-refractivity contribution is 7.93. The molecule has 1 saturated heterocycles. The summed E-state index contributed by atoms with van der Waals surface area (Å²) in [7, 11) is -3.31. The van der Waals surface area contributed by atoms with Crippen molar-refractivity contribution >= 4 is 33.2 Å². The van der Waals surface area contributed by atoms with Crippen molar-refractivity contribution < 1.29 is 27.5 Å². The molecule has 2 aliphatic rings. The summed E-state index contributed by atoms with van der Waals surface area (Å²) >= 11 is 0. The third-order valence-corrected chi connectivity index (χ3v) is 10.1. The number of nitriles is 1. The zero-order chi connectivity index (χ0) is 33.2. The standard InChI is InChI=1S/C34H32N6O6S/c1-3-46-29-9-5-4-8-26(29)34(32(41)37-39-20-18-38(19-21-39)25-14-16-36-17-15-25)27-22-24(23-35)12-13-28(27)40(33(34)42)47(43,44)31-11-7-6-10-30(31)45-2/h4-17,22H,3,18-21H2,1-2H3,(H,37,41). The number of carbonyl (C=O) groups is 2. The van der Waals surface area contributed by atoms with E-state index >= 15 is 4.79 Å². The molecule has 0 radical (unpaired) electrons. The Kier molecular flexibility index (Phi) is 8.55. The molecule has 1 atom stereocenters. The van der Waals surface area contributed by atoms with Gasteiger partial charge in [0, 0.05) is 55.4 Å². The maximum atomic E-state index is 15.1. The molecule has 0 aliphatic carbocycles. The van der Waals surface area contributed by atoms with E-state index in [0.717, 1.165) is 5.69 Å². The minimum Gasteiger partial charge on any atom is -0.495 e. The van der Waals surface area contributed by atoms with Crippen LogP contribution in [0.5, 0.6) is 11.5 Å². The van der Waals surface area contributed by atoms with Gasteiger partial charge in [-0.25, -0.2) is 17.7 Å². The van der Waals surface area contributed by atoms with Crippen LogP contribution in [-0.2, 0) is 25.0 Å². The Morgan fingerprint density at radius 3 is 2.32 bits per heavy atom. The Hall–Kier alpha value is -5.45. The molecule has 6 rings (SSSR count). The zero-order valence-electron chi connectivity index (χ0n) is 25.8. The minimum atomic E-state index is -4.64. The van der Waals surface area contributed by atoms with E-state index in [0.29, 0.717) is 30.5 Å². The van der Waals surface area contributed by atoms with Gasteiger partial charge in [-0.2, -0.15) is 5.26 Å². The van der Waals surface area contributed by atoms with Crippen LogP contribution in [0.4, 0.5) is 11.4 Å². The molecule has 1 aromatic heterocycles. The second-order valence-electron chi connectivity index (χ2n) is 10.9. The van der Waals surface area contributed by atoms with Crippen molar-refractivity contribution in [3.8, 4) is 17.6 Å². The van der Waals surface area contributed by atoms with E-state index in [1.54, 1.807) is 54.7 Å². The van der Waals surface area contributed by atoms with Crippen molar-refractivity contribution in [1.29, 1.82) is 5.26 Å². The van der Waals surface area contributed by atoms with Crippen molar-refractivity contribution in [2.75, 3.05) is 49.1 Å². The van der Waals surface area contributed by atoms with E-state index in [1.807, 2.05) is 12.1 Å². The third kappa shape index (κ3) is 5.31. The van der Waals surface area contributed by atoms with Crippen LogP contribution in [0.3, 0.4) is 0 Å². The predicted molar refractivity (Wildman–Crippen MR) is 173 cm³/mol. The quantitative estimate of drug-likeness (QED) is 0.268. The van der Waals surface area contributed by atoms with Crippen LogP contribution in [0.25, 0.3) is 0 Å². The first-order valence-corrected chi connectivity index (χ1v) is 16.4. The average Bonchev–Trinajstić information content (AvgIpc) is 3.37. The van der Waals surface area contributed by atoms with Crippen LogP contribution in [0.15, 0.2) is 96.2 Å². The van der Waals surface area contributed by atoms with E-state index in [-0.39, 0.29) is 45.4 Å². The number of nitrogens with zero attached hydrogens (tertiary/aromatic N) is 5. The number of nitrogens with one attached hydrogen (secondary N) is 1. The summed E-state index contributed by atoms with van der Waals surface area (Å²) in [5.74, 6) is -1.56. The SMILES string of the molecule is CCOc1ccccc1C1(C(=O)NN2CCN(c3ccncc3)CC2)C(=O)N(S(=O)(=O)c2ccccc2OC)c2ccc(C#N)cc21. The van der Waals surface area contributed by atoms with Gasteiger partial charge in [0.05, 0.1) is 31.0 Å². The van der Waals surface area contributed by atoms with Crippen LogP contribution >= 0.6 is 0 Å². The van der Waals surface area contributed by atoms with Gasteiger partial charge in [0.1, 0.15) is 16.4 Å². The van der Waals surface area contributed by atoms with Crippen molar-refractivity contribution in [2.24, 2.45) is 0 Å². The van der Waals surface area contributed by atoms with Crippen LogP contribution in [0, 0.1) is 11.3 Å². The lowest BCUT2D eigenvalue weighted by Crippen LogP contribution is -2.60. The van der Waals surface area contributed by atoms with Gasteiger partial charge in [0.25, 0.3) is 21.8 Å². The molecule has 1 N–H and O–H groups in total. The number of sulfonamides is 1. The summed E-state index contributed by atoms with van der Waals surface area (Å²) in [6.45, 7) is 3.96. The Balaban J connectivity index is 1.50. The second-order valence-corrected chi connectivity index (χ2v) is 12.6. The highest BCUT2D eigenvalue weighted by Crippen LogP contribution is 2.51. The minimum absolute atomic E-state index is 0.0271. The summed E-state index contributed by atoms with van der Waals surface area (Å²) in [6, 6.07) is 22.6. The molecule has 1 fully saturated rings. The van der Waals surface area contributed by atoms with Gasteiger partial charge in [0.15, 0.2) is 5.41 Å². The monoisotopic (exact) mass is 652 g/mol. The van der Waals surface area contributed by atoms with Crippen LogP contribution in [0.2, 0.25) is 0 Å². The van der Waals surface area contributed by atoms with E-state index in [9.17, 15) is 18.5 Å². The third-order valence-electron chi connectivity index (χ3n) is 8.34. The molecule has 4 aromatic rings. The van der Waals surface area contributed by atoms with Crippen molar-refractivity contribution in [2.45, 2.75) is 17.2 Å². The molecule has 3 heterocycles. The first-order valence-electron chi connectivity index (χ1n) is 15.0. The fourth-order valence-corrected chi connectivity index (χ4v) is 7.77. The number of piperazine rings is 1. The number of aromatic nitrogens is 1. The number of rotatable bonds is 9. The molecule has 47 heavy (non-hydrogen) atoms. The van der Waals surface area contributed by atoms with Gasteiger partial charge in [0.2, 0.25) is 0 Å². The molecule has 240 valence electrons. The molecule has 0 bridgehead atoms. The Morgan fingerprint density at radius 1 is 0.957 bits per heavy atom. The van der Waals surface area contributed by atoms with Crippen molar-refractivity contribution in [1.82, 2.24) is 15.4 Å². The Labute approximate surface area is 272 Å². The highest BCUT2D eigenvalue weighted by Gasteiger charge is 2.62. The number of para-hydroxylation sites is 2. The molecule has 0 saturated carbocycles. The number of fused-ring (bicyclic) bond motifs is 1. The first kappa shape index (κ1) is 31.5. The van der Waals surface area contributed by atoms with Crippen LogP contribution < -0.4 is 24.1 Å². The summed E-state index contributed by atoms with van der Waals surface area (Å²) in [5.41, 5.74) is 1.96. The lowest BCUT2D eigenvalue weighted by molar-refractivity contribution is -0.136. The Bertz CT molecular complexity index is 1970. The van der Waals surface area contributed by atoms with Crippen LogP contribution in [-0.4, -0.2) is 70.1 Å². The van der Waals surface area contributed by atoms with Gasteiger partial charge in [-0.1, -0.05) is 30.3 Å². The number of hydrazine groups is 1. The van der Waals surface area contributed by atoms with E-state index in [4.69, 9.17) is 9.47 Å². The number of carbonyl (C=O) groups excluding carboxylic acids is 2. The molecule has 0 spiro atoms. The molecular formula is C34H32N6O6S. The second kappa shape index (κ2) is 12.7. The number of hydrogen-bond donors (Lipinski definition) is 1. The molecule has 2 amide bonds. The first-order chi connectivity index (χ1) is 22.8. The topological polar surface area (TPSA) is 145 Å². The summed E-state index contributed by atoms with van der Waals surface area (Å²) < 4.78 is 40.8. The molecule has 1 unspecified atom stereocenters. The van der Waals surface area contributed by atoms with E-state index in [2.05, 4.69) is 21.4 Å². The van der Waals surface area contributed by atoms with Gasteiger partial charge in [-0.3, -0.25) is 20.0 Å². The predicted octanol–water partition coefficient (Wildman–Crippen LogP) is 3.24. The van der Waals surface area contributed by atoms with E-state index < -0.39 is 27.3 Å².